The number of carbonyl (C=O) groups is 1. The zero-order chi connectivity index (χ0) is 11.4. The second-order valence-corrected chi connectivity index (χ2v) is 3.84. The summed E-state index contributed by atoms with van der Waals surface area (Å²) in [5.74, 6) is 0.957. The quantitative estimate of drug-likeness (QED) is 0.710. The summed E-state index contributed by atoms with van der Waals surface area (Å²) in [6, 6.07) is 4.00. The lowest BCUT2D eigenvalue weighted by Gasteiger charge is -2.26. The van der Waals surface area contributed by atoms with Crippen molar-refractivity contribution in [2.45, 2.75) is 33.7 Å². The van der Waals surface area contributed by atoms with Crippen molar-refractivity contribution in [2.24, 2.45) is 0 Å². The van der Waals surface area contributed by atoms with E-state index in [1.165, 1.54) is 0 Å². The summed E-state index contributed by atoms with van der Waals surface area (Å²) in [4.78, 5) is 17.7. The molecule has 1 aromatic rings. The van der Waals surface area contributed by atoms with E-state index >= 15 is 0 Å². The van der Waals surface area contributed by atoms with Crippen LogP contribution >= 0.6 is 0 Å². The second kappa shape index (κ2) is 4.91. The number of Topliss-reactive ketones (excluding diaryl/α,β-unsaturated/α-hetero) is 1. The number of carbonyl (C=O) groups excluding carboxylic acids is 1. The van der Waals surface area contributed by atoms with Crippen molar-refractivity contribution in [3.8, 4) is 0 Å². The summed E-state index contributed by atoms with van der Waals surface area (Å²) >= 11 is 0. The Morgan fingerprint density at radius 1 is 1.53 bits per heavy atom. The van der Waals surface area contributed by atoms with Gasteiger partial charge in [0, 0.05) is 24.3 Å². The average Bonchev–Trinajstić information content (AvgIpc) is 2.18. The van der Waals surface area contributed by atoms with E-state index in [0.717, 1.165) is 17.9 Å². The molecule has 0 spiro atoms. The smallest absolute Gasteiger partial charge is 0.159 e. The minimum atomic E-state index is 0.0819. The molecule has 0 bridgehead atoms. The van der Waals surface area contributed by atoms with Crippen LogP contribution in [-0.2, 0) is 0 Å². The number of anilines is 1. The number of hydrogen-bond donors (Lipinski definition) is 0. The van der Waals surface area contributed by atoms with E-state index in [0.29, 0.717) is 6.04 Å². The highest BCUT2D eigenvalue weighted by Crippen LogP contribution is 2.15. The first-order valence-electron chi connectivity index (χ1n) is 5.30. The maximum Gasteiger partial charge on any atom is 0.159 e. The molecule has 15 heavy (non-hydrogen) atoms. The molecule has 0 aromatic carbocycles. The normalized spacial score (nSPS) is 10.5. The number of rotatable bonds is 4. The molecule has 3 heteroatoms. The van der Waals surface area contributed by atoms with E-state index in [9.17, 15) is 4.79 Å². The Morgan fingerprint density at radius 2 is 2.20 bits per heavy atom. The fraction of sp³-hybridized carbons (Fsp3) is 0.500. The molecule has 0 radical (unpaired) electrons. The topological polar surface area (TPSA) is 33.2 Å². The van der Waals surface area contributed by atoms with Gasteiger partial charge in [-0.15, -0.1) is 0 Å². The van der Waals surface area contributed by atoms with Crippen LogP contribution in [0.4, 0.5) is 5.82 Å². The Kier molecular flexibility index (Phi) is 3.83. The van der Waals surface area contributed by atoms with Gasteiger partial charge < -0.3 is 4.90 Å². The molecule has 0 fully saturated rings. The van der Waals surface area contributed by atoms with Crippen LogP contribution in [0.2, 0.25) is 0 Å². The Balaban J connectivity index is 3.03. The third-order valence-electron chi connectivity index (χ3n) is 2.41. The molecule has 0 atom stereocenters. The first-order chi connectivity index (χ1) is 7.06. The van der Waals surface area contributed by atoms with Crippen molar-refractivity contribution in [1.29, 1.82) is 0 Å². The van der Waals surface area contributed by atoms with E-state index in [4.69, 9.17) is 0 Å². The van der Waals surface area contributed by atoms with Gasteiger partial charge in [-0.05, 0) is 39.8 Å². The molecule has 0 unspecified atom stereocenters. The molecule has 0 aliphatic rings. The van der Waals surface area contributed by atoms with Gasteiger partial charge >= 0.3 is 0 Å². The molecular formula is C12H18N2O. The monoisotopic (exact) mass is 206 g/mol. The molecular weight excluding hydrogens is 188 g/mol. The lowest BCUT2D eigenvalue weighted by atomic mass is 10.2. The number of aromatic nitrogens is 1. The fourth-order valence-corrected chi connectivity index (χ4v) is 1.59. The van der Waals surface area contributed by atoms with Gasteiger partial charge in [0.05, 0.1) is 0 Å². The third-order valence-corrected chi connectivity index (χ3v) is 2.41. The van der Waals surface area contributed by atoms with E-state index < -0.39 is 0 Å². The van der Waals surface area contributed by atoms with Gasteiger partial charge in [-0.1, -0.05) is 0 Å². The van der Waals surface area contributed by atoms with Crippen molar-refractivity contribution in [3.63, 3.8) is 0 Å². The average molecular weight is 206 g/mol. The van der Waals surface area contributed by atoms with E-state index in [2.05, 4.69) is 30.7 Å². The maximum absolute atomic E-state index is 11.2. The first kappa shape index (κ1) is 11.7. The zero-order valence-electron chi connectivity index (χ0n) is 9.82. The maximum atomic E-state index is 11.2. The van der Waals surface area contributed by atoms with Crippen LogP contribution in [-0.4, -0.2) is 23.4 Å². The van der Waals surface area contributed by atoms with Gasteiger partial charge in [0.1, 0.15) is 5.82 Å². The summed E-state index contributed by atoms with van der Waals surface area (Å²) in [6.45, 7) is 8.79. The van der Waals surface area contributed by atoms with Gasteiger partial charge in [0.15, 0.2) is 5.78 Å². The highest BCUT2D eigenvalue weighted by Gasteiger charge is 2.10. The van der Waals surface area contributed by atoms with Crippen LogP contribution in [0.1, 0.15) is 38.1 Å². The number of nitrogens with zero attached hydrogens (tertiary/aromatic N) is 2. The third kappa shape index (κ3) is 2.78. The second-order valence-electron chi connectivity index (χ2n) is 3.84. The predicted molar refractivity (Wildman–Crippen MR) is 62.4 cm³/mol. The summed E-state index contributed by atoms with van der Waals surface area (Å²) in [5, 5.41) is 0. The van der Waals surface area contributed by atoms with E-state index in [-0.39, 0.29) is 5.78 Å². The van der Waals surface area contributed by atoms with E-state index in [1.807, 2.05) is 6.07 Å². The Morgan fingerprint density at radius 3 is 2.67 bits per heavy atom. The molecule has 1 rings (SSSR count). The molecule has 1 heterocycles. The SMILES string of the molecule is CCN(c1cc(C(C)=O)ccn1)C(C)C. The van der Waals surface area contributed by atoms with Crippen molar-refractivity contribution in [1.82, 2.24) is 4.98 Å². The molecule has 0 saturated heterocycles. The molecule has 0 aliphatic carbocycles. The molecule has 0 saturated carbocycles. The fourth-order valence-electron chi connectivity index (χ4n) is 1.59. The van der Waals surface area contributed by atoms with Crippen LogP contribution in [0.3, 0.4) is 0 Å². The lowest BCUT2D eigenvalue weighted by molar-refractivity contribution is 0.101. The van der Waals surface area contributed by atoms with Gasteiger partial charge in [-0.25, -0.2) is 4.98 Å². The van der Waals surface area contributed by atoms with Gasteiger partial charge in [0.2, 0.25) is 0 Å². The zero-order valence-corrected chi connectivity index (χ0v) is 9.82. The van der Waals surface area contributed by atoms with Crippen molar-refractivity contribution >= 4 is 11.6 Å². The van der Waals surface area contributed by atoms with Crippen molar-refractivity contribution < 1.29 is 4.79 Å². The highest BCUT2D eigenvalue weighted by molar-refractivity contribution is 5.94. The minimum absolute atomic E-state index is 0.0819. The van der Waals surface area contributed by atoms with Crippen LogP contribution < -0.4 is 4.90 Å². The summed E-state index contributed by atoms with van der Waals surface area (Å²) in [7, 11) is 0. The van der Waals surface area contributed by atoms with Crippen LogP contribution in [0.15, 0.2) is 18.3 Å². The number of ketones is 1. The molecule has 3 nitrogen and oxygen atoms in total. The Bertz CT molecular complexity index is 347. The van der Waals surface area contributed by atoms with E-state index in [1.54, 1.807) is 19.2 Å². The Hall–Kier alpha value is -1.38. The number of hydrogen-bond acceptors (Lipinski definition) is 3. The molecule has 0 aliphatic heterocycles. The van der Waals surface area contributed by atoms with Gasteiger partial charge in [-0.2, -0.15) is 0 Å². The largest absolute Gasteiger partial charge is 0.354 e. The summed E-state index contributed by atoms with van der Waals surface area (Å²) < 4.78 is 0. The van der Waals surface area contributed by atoms with Crippen LogP contribution in [0.5, 0.6) is 0 Å². The molecule has 82 valence electrons. The van der Waals surface area contributed by atoms with Gasteiger partial charge in [-0.3, -0.25) is 4.79 Å². The Labute approximate surface area is 91.1 Å². The number of pyridine rings is 1. The highest BCUT2D eigenvalue weighted by atomic mass is 16.1. The molecule has 1 aromatic heterocycles. The van der Waals surface area contributed by atoms with Crippen LogP contribution in [0, 0.1) is 0 Å². The van der Waals surface area contributed by atoms with Crippen LogP contribution in [0.25, 0.3) is 0 Å². The standard InChI is InChI=1S/C12H18N2O/c1-5-14(9(2)3)12-8-11(10(4)15)6-7-13-12/h6-9H,5H2,1-4H3. The first-order valence-corrected chi connectivity index (χ1v) is 5.30. The summed E-state index contributed by atoms with van der Waals surface area (Å²) in [5.41, 5.74) is 0.721. The van der Waals surface area contributed by atoms with Crippen molar-refractivity contribution in [3.05, 3.63) is 23.9 Å². The minimum Gasteiger partial charge on any atom is -0.354 e. The predicted octanol–water partition coefficient (Wildman–Crippen LogP) is 2.52. The molecule has 0 N–H and O–H groups in total. The summed E-state index contributed by atoms with van der Waals surface area (Å²) in [6.07, 6.45) is 1.69. The van der Waals surface area contributed by atoms with Gasteiger partial charge in [0.25, 0.3) is 0 Å². The van der Waals surface area contributed by atoms with Crippen molar-refractivity contribution in [2.75, 3.05) is 11.4 Å². The molecule has 0 amide bonds. The lowest BCUT2D eigenvalue weighted by Crippen LogP contribution is -2.31.